The van der Waals surface area contributed by atoms with Gasteiger partial charge in [-0.25, -0.2) is 4.39 Å². The van der Waals surface area contributed by atoms with Gasteiger partial charge in [0.2, 0.25) is 0 Å². The van der Waals surface area contributed by atoms with Crippen LogP contribution in [0.3, 0.4) is 0 Å². The maximum Gasteiger partial charge on any atom is 0.259 e. The maximum atomic E-state index is 13.9. The van der Waals surface area contributed by atoms with E-state index >= 15 is 0 Å². The number of halogens is 1. The standard InChI is InChI=1S/C22H17FN2O2/c1-2-10-27-17-8-9-18-19(12-17)21(14-4-3-5-15(23)11-14)20(13-24)25(22(18)26)16-6-7-16/h2-5,8-9,11-12,16H,1,6-7,10H2. The lowest BCUT2D eigenvalue weighted by Crippen LogP contribution is -2.23. The van der Waals surface area contributed by atoms with Crippen LogP contribution in [0, 0.1) is 17.1 Å². The molecule has 4 rings (SSSR count). The van der Waals surface area contributed by atoms with Gasteiger partial charge in [0.25, 0.3) is 5.56 Å². The second kappa shape index (κ2) is 6.73. The van der Waals surface area contributed by atoms with Gasteiger partial charge < -0.3 is 4.74 Å². The molecule has 134 valence electrons. The number of hydrogen-bond donors (Lipinski definition) is 0. The quantitative estimate of drug-likeness (QED) is 0.626. The fraction of sp³-hybridized carbons (Fsp3) is 0.182. The Morgan fingerprint density at radius 2 is 2.07 bits per heavy atom. The van der Waals surface area contributed by atoms with Crippen molar-refractivity contribution >= 4 is 10.8 Å². The second-order valence-electron chi connectivity index (χ2n) is 6.56. The summed E-state index contributed by atoms with van der Waals surface area (Å²) in [4.78, 5) is 13.0. The molecule has 27 heavy (non-hydrogen) atoms. The summed E-state index contributed by atoms with van der Waals surface area (Å²) in [5.41, 5.74) is 1.19. The van der Waals surface area contributed by atoms with Gasteiger partial charge in [-0.15, -0.1) is 0 Å². The maximum absolute atomic E-state index is 13.9. The summed E-state index contributed by atoms with van der Waals surface area (Å²) in [6.45, 7) is 3.95. The highest BCUT2D eigenvalue weighted by Gasteiger charge is 2.30. The molecular weight excluding hydrogens is 343 g/mol. The number of hydrogen-bond acceptors (Lipinski definition) is 3. The van der Waals surface area contributed by atoms with Crippen molar-refractivity contribution in [2.45, 2.75) is 18.9 Å². The Morgan fingerprint density at radius 3 is 2.74 bits per heavy atom. The number of nitrogens with zero attached hydrogens (tertiary/aromatic N) is 2. The average molecular weight is 360 g/mol. The largest absolute Gasteiger partial charge is 0.490 e. The first-order valence-electron chi connectivity index (χ1n) is 8.76. The summed E-state index contributed by atoms with van der Waals surface area (Å²) in [6.07, 6.45) is 3.36. The first-order valence-corrected chi connectivity index (χ1v) is 8.76. The lowest BCUT2D eigenvalue weighted by Gasteiger charge is -2.16. The van der Waals surface area contributed by atoms with Crippen LogP contribution in [0.1, 0.15) is 24.6 Å². The zero-order chi connectivity index (χ0) is 19.0. The minimum absolute atomic E-state index is 0.0283. The molecule has 3 aromatic rings. The van der Waals surface area contributed by atoms with Gasteiger partial charge >= 0.3 is 0 Å². The van der Waals surface area contributed by atoms with Crippen molar-refractivity contribution in [3.05, 3.63) is 77.0 Å². The molecule has 0 amide bonds. The van der Waals surface area contributed by atoms with Crippen LogP contribution in [0.2, 0.25) is 0 Å². The molecule has 1 aliphatic rings. The van der Waals surface area contributed by atoms with E-state index < -0.39 is 5.82 Å². The molecule has 0 saturated heterocycles. The van der Waals surface area contributed by atoms with E-state index in [0.29, 0.717) is 34.3 Å². The molecule has 0 spiro atoms. The van der Waals surface area contributed by atoms with Crippen molar-refractivity contribution in [1.29, 1.82) is 5.26 Å². The molecule has 5 heteroatoms. The second-order valence-corrected chi connectivity index (χ2v) is 6.56. The van der Waals surface area contributed by atoms with Crippen molar-refractivity contribution in [1.82, 2.24) is 4.57 Å². The van der Waals surface area contributed by atoms with Crippen molar-refractivity contribution < 1.29 is 9.13 Å². The van der Waals surface area contributed by atoms with Crippen LogP contribution >= 0.6 is 0 Å². The Morgan fingerprint density at radius 1 is 1.26 bits per heavy atom. The SMILES string of the molecule is C=CCOc1ccc2c(=O)n(C3CC3)c(C#N)c(-c3cccc(F)c3)c2c1. The number of nitriles is 1. The van der Waals surface area contributed by atoms with Gasteiger partial charge in [0, 0.05) is 22.4 Å². The van der Waals surface area contributed by atoms with Crippen molar-refractivity contribution in [3.8, 4) is 22.9 Å². The normalized spacial score (nSPS) is 13.3. The first kappa shape index (κ1) is 17.0. The van der Waals surface area contributed by atoms with E-state index in [-0.39, 0.29) is 17.3 Å². The number of pyridine rings is 1. The summed E-state index contributed by atoms with van der Waals surface area (Å²) in [5, 5.41) is 10.9. The summed E-state index contributed by atoms with van der Waals surface area (Å²) in [6, 6.07) is 13.5. The fourth-order valence-corrected chi connectivity index (χ4v) is 3.37. The van der Waals surface area contributed by atoms with E-state index in [4.69, 9.17) is 4.74 Å². The van der Waals surface area contributed by atoms with Crippen molar-refractivity contribution in [2.24, 2.45) is 0 Å². The van der Waals surface area contributed by atoms with Crippen molar-refractivity contribution in [2.75, 3.05) is 6.61 Å². The Kier molecular flexibility index (Phi) is 4.25. The summed E-state index contributed by atoms with van der Waals surface area (Å²) in [5.74, 6) is 0.167. The fourth-order valence-electron chi connectivity index (χ4n) is 3.37. The van der Waals surface area contributed by atoms with Gasteiger partial charge in [-0.2, -0.15) is 5.26 Å². The lowest BCUT2D eigenvalue weighted by molar-refractivity contribution is 0.364. The predicted molar refractivity (Wildman–Crippen MR) is 102 cm³/mol. The monoisotopic (exact) mass is 360 g/mol. The van der Waals surface area contributed by atoms with Gasteiger partial charge in [0.1, 0.15) is 29.9 Å². The van der Waals surface area contributed by atoms with Crippen molar-refractivity contribution in [3.63, 3.8) is 0 Å². The van der Waals surface area contributed by atoms with E-state index in [9.17, 15) is 14.4 Å². The molecule has 0 atom stereocenters. The number of rotatable bonds is 5. The minimum atomic E-state index is -0.396. The molecule has 1 fully saturated rings. The van der Waals surface area contributed by atoms with E-state index in [0.717, 1.165) is 12.8 Å². The third kappa shape index (κ3) is 3.00. The average Bonchev–Trinajstić information content (AvgIpc) is 3.50. The van der Waals surface area contributed by atoms with Crippen LogP contribution in [-0.2, 0) is 0 Å². The zero-order valence-electron chi connectivity index (χ0n) is 14.6. The number of benzene rings is 2. The summed E-state index contributed by atoms with van der Waals surface area (Å²) >= 11 is 0. The van der Waals surface area contributed by atoms with E-state index in [1.807, 2.05) is 0 Å². The van der Waals surface area contributed by atoms with Gasteiger partial charge in [0.05, 0.1) is 0 Å². The molecule has 4 nitrogen and oxygen atoms in total. The molecule has 0 unspecified atom stereocenters. The van der Waals surface area contributed by atoms with Crippen LogP contribution in [0.15, 0.2) is 59.9 Å². The molecule has 0 radical (unpaired) electrons. The molecule has 2 aromatic carbocycles. The third-order valence-electron chi connectivity index (χ3n) is 4.69. The van der Waals surface area contributed by atoms with Crippen LogP contribution in [0.25, 0.3) is 21.9 Å². The highest BCUT2D eigenvalue weighted by atomic mass is 19.1. The molecular formula is C22H17FN2O2. The van der Waals surface area contributed by atoms with Gasteiger partial charge in [-0.1, -0.05) is 24.8 Å². The first-order chi connectivity index (χ1) is 13.1. The Bertz CT molecular complexity index is 1150. The molecule has 0 bridgehead atoms. The molecule has 1 heterocycles. The van der Waals surface area contributed by atoms with Crippen LogP contribution in [0.4, 0.5) is 4.39 Å². The molecule has 1 aromatic heterocycles. The van der Waals surface area contributed by atoms with E-state index in [1.54, 1.807) is 41.0 Å². The van der Waals surface area contributed by atoms with Gasteiger partial charge in [-0.3, -0.25) is 9.36 Å². The van der Waals surface area contributed by atoms with Crippen LogP contribution in [-0.4, -0.2) is 11.2 Å². The molecule has 0 N–H and O–H groups in total. The number of fused-ring (bicyclic) bond motifs is 1. The Hall–Kier alpha value is -3.39. The van der Waals surface area contributed by atoms with Crippen LogP contribution in [0.5, 0.6) is 5.75 Å². The third-order valence-corrected chi connectivity index (χ3v) is 4.69. The highest BCUT2D eigenvalue weighted by molar-refractivity contribution is 5.99. The molecule has 1 aliphatic carbocycles. The Balaban J connectivity index is 2.10. The lowest BCUT2D eigenvalue weighted by atomic mass is 9.96. The number of ether oxygens (including phenoxy) is 1. The topological polar surface area (TPSA) is 55.0 Å². The smallest absolute Gasteiger partial charge is 0.259 e. The zero-order valence-corrected chi connectivity index (χ0v) is 14.6. The van der Waals surface area contributed by atoms with E-state index in [1.165, 1.54) is 12.1 Å². The van der Waals surface area contributed by atoms with Crippen LogP contribution < -0.4 is 10.3 Å². The predicted octanol–water partition coefficient (Wildman–Crippen LogP) is 4.58. The Labute approximate surface area is 155 Å². The summed E-state index contributed by atoms with van der Waals surface area (Å²) in [7, 11) is 0. The molecule has 1 saturated carbocycles. The minimum Gasteiger partial charge on any atom is -0.490 e. The molecule has 0 aliphatic heterocycles. The van der Waals surface area contributed by atoms with Gasteiger partial charge in [-0.05, 0) is 48.7 Å². The van der Waals surface area contributed by atoms with E-state index in [2.05, 4.69) is 12.6 Å². The van der Waals surface area contributed by atoms with Gasteiger partial charge in [0.15, 0.2) is 0 Å². The highest BCUT2D eigenvalue weighted by Crippen LogP contribution is 2.39. The number of aromatic nitrogens is 1. The summed E-state index contributed by atoms with van der Waals surface area (Å²) < 4.78 is 21.1.